The fraction of sp³-hybridized carbons (Fsp3) is 0.500. The molecule has 1 aliphatic heterocycles. The SMILES string of the molecule is CCN(C(=O)C1CCCN(C(=O)CCC(F)(F)F)C1)c1cn(-c2cccnc2)nc1Cl. The van der Waals surface area contributed by atoms with Gasteiger partial charge < -0.3 is 9.80 Å². The average Bonchev–Trinajstić information content (AvgIpc) is 3.14. The first-order valence-electron chi connectivity index (χ1n) is 10.0. The standard InChI is InChI=1S/C20H23ClF3N5O2/c1-2-28(16-13-29(26-18(16)21)15-6-3-9-25-11-15)19(31)14-5-4-10-27(12-14)17(30)7-8-20(22,23)24/h3,6,9,11,13-14H,2,4-5,7-8,10,12H2,1H3. The molecule has 3 rings (SSSR count). The number of carbonyl (C=O) groups excluding carboxylic acids is 2. The third-order valence-corrected chi connectivity index (χ3v) is 5.45. The van der Waals surface area contributed by atoms with E-state index in [0.29, 0.717) is 37.3 Å². The molecule has 0 spiro atoms. The molecule has 168 valence electrons. The van der Waals surface area contributed by atoms with Crippen LogP contribution in [0.2, 0.25) is 5.15 Å². The van der Waals surface area contributed by atoms with Crippen molar-refractivity contribution in [1.29, 1.82) is 0 Å². The Hall–Kier alpha value is -2.62. The number of carbonyl (C=O) groups is 2. The van der Waals surface area contributed by atoms with Crippen LogP contribution in [0.25, 0.3) is 5.69 Å². The van der Waals surface area contributed by atoms with Crippen molar-refractivity contribution in [3.63, 3.8) is 0 Å². The zero-order chi connectivity index (χ0) is 22.6. The number of likely N-dealkylation sites (tertiary alicyclic amines) is 1. The van der Waals surface area contributed by atoms with E-state index in [2.05, 4.69) is 10.1 Å². The van der Waals surface area contributed by atoms with Gasteiger partial charge in [-0.25, -0.2) is 4.68 Å². The Morgan fingerprint density at radius 1 is 1.35 bits per heavy atom. The van der Waals surface area contributed by atoms with Crippen molar-refractivity contribution in [1.82, 2.24) is 19.7 Å². The topological polar surface area (TPSA) is 71.3 Å². The molecule has 0 N–H and O–H groups in total. The summed E-state index contributed by atoms with van der Waals surface area (Å²) in [6.07, 6.45) is -0.183. The highest BCUT2D eigenvalue weighted by Gasteiger charge is 2.34. The van der Waals surface area contributed by atoms with Gasteiger partial charge in [0.15, 0.2) is 5.15 Å². The fourth-order valence-corrected chi connectivity index (χ4v) is 3.86. The summed E-state index contributed by atoms with van der Waals surface area (Å²) in [4.78, 5) is 32.3. The molecule has 3 heterocycles. The summed E-state index contributed by atoms with van der Waals surface area (Å²) in [6.45, 7) is 2.58. The lowest BCUT2D eigenvalue weighted by Crippen LogP contribution is -2.47. The Labute approximate surface area is 182 Å². The third kappa shape index (κ3) is 5.75. The van der Waals surface area contributed by atoms with Crippen molar-refractivity contribution in [2.24, 2.45) is 5.92 Å². The van der Waals surface area contributed by atoms with Gasteiger partial charge in [0.25, 0.3) is 0 Å². The number of pyridine rings is 1. The fourth-order valence-electron chi connectivity index (χ4n) is 3.62. The molecule has 1 saturated heterocycles. The maximum Gasteiger partial charge on any atom is 0.389 e. The van der Waals surface area contributed by atoms with E-state index in [-0.39, 0.29) is 17.6 Å². The minimum atomic E-state index is -4.38. The Bertz CT molecular complexity index is 919. The van der Waals surface area contributed by atoms with Crippen molar-refractivity contribution in [3.05, 3.63) is 35.9 Å². The summed E-state index contributed by atoms with van der Waals surface area (Å²) in [7, 11) is 0. The molecule has 1 fully saturated rings. The zero-order valence-corrected chi connectivity index (χ0v) is 17.7. The quantitative estimate of drug-likeness (QED) is 0.660. The number of hydrogen-bond donors (Lipinski definition) is 0. The summed E-state index contributed by atoms with van der Waals surface area (Å²) < 4.78 is 38.8. The zero-order valence-electron chi connectivity index (χ0n) is 17.0. The van der Waals surface area contributed by atoms with Crippen molar-refractivity contribution < 1.29 is 22.8 Å². The molecule has 2 aromatic rings. The smallest absolute Gasteiger partial charge is 0.342 e. The van der Waals surface area contributed by atoms with Gasteiger partial charge in [0.1, 0.15) is 5.69 Å². The second-order valence-corrected chi connectivity index (χ2v) is 7.70. The summed E-state index contributed by atoms with van der Waals surface area (Å²) in [5.41, 5.74) is 1.11. The maximum absolute atomic E-state index is 13.2. The maximum atomic E-state index is 13.2. The van der Waals surface area contributed by atoms with Gasteiger partial charge >= 0.3 is 6.18 Å². The van der Waals surface area contributed by atoms with Crippen LogP contribution in [0, 0.1) is 5.92 Å². The Morgan fingerprint density at radius 3 is 2.77 bits per heavy atom. The minimum absolute atomic E-state index is 0.0976. The molecule has 11 heteroatoms. The van der Waals surface area contributed by atoms with Gasteiger partial charge in [-0.15, -0.1) is 0 Å². The van der Waals surface area contributed by atoms with Crippen LogP contribution in [0.3, 0.4) is 0 Å². The lowest BCUT2D eigenvalue weighted by atomic mass is 9.96. The predicted octanol–water partition coefficient (Wildman–Crippen LogP) is 3.85. The van der Waals surface area contributed by atoms with E-state index in [0.717, 1.165) is 0 Å². The van der Waals surface area contributed by atoms with Crippen LogP contribution in [-0.2, 0) is 9.59 Å². The van der Waals surface area contributed by atoms with E-state index in [1.54, 1.807) is 37.6 Å². The van der Waals surface area contributed by atoms with Crippen LogP contribution in [0.1, 0.15) is 32.6 Å². The van der Waals surface area contributed by atoms with Gasteiger partial charge in [-0.2, -0.15) is 18.3 Å². The molecule has 7 nitrogen and oxygen atoms in total. The highest BCUT2D eigenvalue weighted by atomic mass is 35.5. The van der Waals surface area contributed by atoms with Crippen LogP contribution < -0.4 is 4.90 Å². The average molecular weight is 458 g/mol. The van der Waals surface area contributed by atoms with Crippen LogP contribution >= 0.6 is 11.6 Å². The molecular formula is C20H23ClF3N5O2. The molecule has 1 aliphatic rings. The third-order valence-electron chi connectivity index (χ3n) is 5.18. The first kappa shape index (κ1) is 23.1. The number of hydrogen-bond acceptors (Lipinski definition) is 4. The van der Waals surface area contributed by atoms with Gasteiger partial charge in [-0.1, -0.05) is 11.6 Å². The molecule has 0 aromatic carbocycles. The van der Waals surface area contributed by atoms with E-state index in [1.165, 1.54) is 14.5 Å². The molecular weight excluding hydrogens is 435 g/mol. The minimum Gasteiger partial charge on any atom is -0.342 e. The molecule has 2 aromatic heterocycles. The number of piperidine rings is 1. The van der Waals surface area contributed by atoms with E-state index in [9.17, 15) is 22.8 Å². The van der Waals surface area contributed by atoms with Crippen molar-refractivity contribution in [2.75, 3.05) is 24.5 Å². The Balaban J connectivity index is 1.72. The number of anilines is 1. The molecule has 31 heavy (non-hydrogen) atoms. The normalized spacial score (nSPS) is 16.9. The highest BCUT2D eigenvalue weighted by Crippen LogP contribution is 2.29. The van der Waals surface area contributed by atoms with Crippen molar-refractivity contribution in [3.8, 4) is 5.69 Å². The number of alkyl halides is 3. The number of halogens is 4. The summed E-state index contributed by atoms with van der Waals surface area (Å²) in [5.74, 6) is -1.33. The largest absolute Gasteiger partial charge is 0.389 e. The molecule has 0 radical (unpaired) electrons. The van der Waals surface area contributed by atoms with Crippen LogP contribution in [0.15, 0.2) is 30.7 Å². The van der Waals surface area contributed by atoms with Crippen LogP contribution in [-0.4, -0.2) is 57.3 Å². The summed E-state index contributed by atoms with van der Waals surface area (Å²) >= 11 is 6.30. The number of rotatable bonds is 6. The van der Waals surface area contributed by atoms with Gasteiger partial charge in [-0.05, 0) is 31.9 Å². The molecule has 0 bridgehead atoms. The predicted molar refractivity (Wildman–Crippen MR) is 109 cm³/mol. The van der Waals surface area contributed by atoms with Gasteiger partial charge in [0.05, 0.1) is 30.4 Å². The van der Waals surface area contributed by atoms with Crippen molar-refractivity contribution >= 4 is 29.1 Å². The Kier molecular flexibility index (Phi) is 7.19. The lowest BCUT2D eigenvalue weighted by molar-refractivity contribution is -0.150. The van der Waals surface area contributed by atoms with E-state index >= 15 is 0 Å². The van der Waals surface area contributed by atoms with Gasteiger partial charge in [0.2, 0.25) is 11.8 Å². The van der Waals surface area contributed by atoms with Crippen LogP contribution in [0.5, 0.6) is 0 Å². The van der Waals surface area contributed by atoms with Crippen LogP contribution in [0.4, 0.5) is 18.9 Å². The number of amides is 2. The number of aromatic nitrogens is 3. The second-order valence-electron chi connectivity index (χ2n) is 7.34. The first-order valence-corrected chi connectivity index (χ1v) is 10.4. The molecule has 1 unspecified atom stereocenters. The van der Waals surface area contributed by atoms with E-state index in [4.69, 9.17) is 11.6 Å². The molecule has 1 atom stereocenters. The van der Waals surface area contributed by atoms with Gasteiger partial charge in [0, 0.05) is 32.3 Å². The van der Waals surface area contributed by atoms with E-state index in [1.807, 2.05) is 0 Å². The van der Waals surface area contributed by atoms with Crippen molar-refractivity contribution in [2.45, 2.75) is 38.8 Å². The molecule has 0 aliphatic carbocycles. The summed E-state index contributed by atoms with van der Waals surface area (Å²) in [5, 5.41) is 4.39. The highest BCUT2D eigenvalue weighted by molar-refractivity contribution is 6.32. The van der Waals surface area contributed by atoms with E-state index < -0.39 is 30.8 Å². The van der Waals surface area contributed by atoms with Gasteiger partial charge in [-0.3, -0.25) is 14.6 Å². The number of nitrogens with zero attached hydrogens (tertiary/aromatic N) is 5. The second kappa shape index (κ2) is 9.67. The molecule has 0 saturated carbocycles. The Morgan fingerprint density at radius 2 is 2.13 bits per heavy atom. The lowest BCUT2D eigenvalue weighted by Gasteiger charge is -2.34. The molecule has 2 amide bonds. The summed E-state index contributed by atoms with van der Waals surface area (Å²) in [6, 6.07) is 3.55. The first-order chi connectivity index (χ1) is 14.7. The monoisotopic (exact) mass is 457 g/mol.